The van der Waals surface area contributed by atoms with Crippen molar-refractivity contribution in [2.24, 2.45) is 5.92 Å². The fourth-order valence-corrected chi connectivity index (χ4v) is 5.67. The summed E-state index contributed by atoms with van der Waals surface area (Å²) in [6, 6.07) is 4.54. The number of ether oxygens (including phenoxy) is 2. The van der Waals surface area contributed by atoms with E-state index in [1.807, 2.05) is 0 Å². The number of hydrogen-bond acceptors (Lipinski definition) is 4. The standard InChI is InChI=1S/C24H32O4/c1-13(2)16-11-14-7-8-17-20-15(22(26)28-23(3,4)21(20)25)9-10-24(17,5)18(14)12-19(16)27-6/h11-13,17,21,25H,7-10H2,1-6H3/t17-,21-,24-/m0/s1. The van der Waals surface area contributed by atoms with Crippen LogP contribution in [0.25, 0.3) is 0 Å². The Morgan fingerprint density at radius 3 is 2.57 bits per heavy atom. The molecule has 1 aliphatic heterocycles. The molecule has 4 heteroatoms. The van der Waals surface area contributed by atoms with Gasteiger partial charge in [0, 0.05) is 5.57 Å². The van der Waals surface area contributed by atoms with E-state index in [-0.39, 0.29) is 17.3 Å². The molecule has 4 rings (SSSR count). The predicted molar refractivity (Wildman–Crippen MR) is 109 cm³/mol. The Labute approximate surface area is 167 Å². The molecule has 1 aromatic rings. The van der Waals surface area contributed by atoms with Gasteiger partial charge in [0.05, 0.1) is 7.11 Å². The molecule has 0 amide bonds. The Hall–Kier alpha value is -1.81. The maximum atomic E-state index is 12.6. The number of esters is 1. The van der Waals surface area contributed by atoms with E-state index in [0.29, 0.717) is 17.9 Å². The van der Waals surface area contributed by atoms with Gasteiger partial charge in [-0.3, -0.25) is 0 Å². The zero-order valence-corrected chi connectivity index (χ0v) is 17.9. The molecule has 152 valence electrons. The number of aryl methyl sites for hydroxylation is 1. The van der Waals surface area contributed by atoms with Crippen LogP contribution in [0.5, 0.6) is 5.75 Å². The molecule has 0 saturated heterocycles. The molecule has 0 spiro atoms. The fraction of sp³-hybridized carbons (Fsp3) is 0.625. The lowest BCUT2D eigenvalue weighted by atomic mass is 9.54. The number of benzene rings is 1. The van der Waals surface area contributed by atoms with Gasteiger partial charge in [0.1, 0.15) is 17.5 Å². The van der Waals surface area contributed by atoms with E-state index in [1.165, 1.54) is 16.7 Å². The minimum atomic E-state index is -0.881. The molecular formula is C24H32O4. The first-order valence-electron chi connectivity index (χ1n) is 10.5. The molecule has 0 fully saturated rings. The molecule has 0 aromatic heterocycles. The zero-order valence-electron chi connectivity index (χ0n) is 17.9. The van der Waals surface area contributed by atoms with E-state index < -0.39 is 11.7 Å². The van der Waals surface area contributed by atoms with Gasteiger partial charge in [-0.15, -0.1) is 0 Å². The van der Waals surface area contributed by atoms with E-state index >= 15 is 0 Å². The molecule has 2 aliphatic carbocycles. The van der Waals surface area contributed by atoms with Gasteiger partial charge >= 0.3 is 5.97 Å². The summed E-state index contributed by atoms with van der Waals surface area (Å²) in [7, 11) is 1.74. The Balaban J connectivity index is 1.86. The SMILES string of the molecule is COc1cc2c(cc1C(C)C)CC[C@H]1C3=C(CC[C@]21C)C(=O)OC(C)(C)[C@H]3O. The molecule has 0 radical (unpaired) electrons. The highest BCUT2D eigenvalue weighted by Gasteiger charge is 2.53. The molecule has 28 heavy (non-hydrogen) atoms. The second-order valence-corrected chi connectivity index (χ2v) is 9.74. The third-order valence-corrected chi connectivity index (χ3v) is 7.34. The summed E-state index contributed by atoms with van der Waals surface area (Å²) in [6.45, 7) is 10.3. The highest BCUT2D eigenvalue weighted by Crippen LogP contribution is 2.56. The van der Waals surface area contributed by atoms with E-state index in [0.717, 1.165) is 30.6 Å². The Morgan fingerprint density at radius 2 is 1.93 bits per heavy atom. The van der Waals surface area contributed by atoms with Crippen molar-refractivity contribution in [1.82, 2.24) is 0 Å². The van der Waals surface area contributed by atoms with Crippen LogP contribution in [0.4, 0.5) is 0 Å². The summed E-state index contributed by atoms with van der Waals surface area (Å²) in [4.78, 5) is 12.6. The number of rotatable bonds is 2. The van der Waals surface area contributed by atoms with Gasteiger partial charge in [-0.05, 0) is 85.1 Å². The van der Waals surface area contributed by atoms with Crippen molar-refractivity contribution in [2.45, 2.75) is 83.3 Å². The number of methoxy groups -OCH3 is 1. The lowest BCUT2D eigenvalue weighted by Gasteiger charge is -2.52. The van der Waals surface area contributed by atoms with E-state index in [9.17, 15) is 9.90 Å². The first kappa shape index (κ1) is 19.5. The summed E-state index contributed by atoms with van der Waals surface area (Å²) >= 11 is 0. The second-order valence-electron chi connectivity index (χ2n) is 9.74. The van der Waals surface area contributed by atoms with Gasteiger partial charge in [-0.1, -0.05) is 26.8 Å². The van der Waals surface area contributed by atoms with Crippen molar-refractivity contribution in [1.29, 1.82) is 0 Å². The molecule has 3 atom stereocenters. The largest absolute Gasteiger partial charge is 0.496 e. The molecular weight excluding hydrogens is 352 g/mol. The lowest BCUT2D eigenvalue weighted by molar-refractivity contribution is -0.166. The van der Waals surface area contributed by atoms with Crippen molar-refractivity contribution in [2.75, 3.05) is 7.11 Å². The molecule has 3 aliphatic rings. The third-order valence-electron chi connectivity index (χ3n) is 7.34. The van der Waals surface area contributed by atoms with E-state index in [2.05, 4.69) is 32.9 Å². The molecule has 0 saturated carbocycles. The molecule has 1 aromatic carbocycles. The monoisotopic (exact) mass is 384 g/mol. The fourth-order valence-electron chi connectivity index (χ4n) is 5.67. The first-order chi connectivity index (χ1) is 13.1. The van der Waals surface area contributed by atoms with Crippen LogP contribution < -0.4 is 4.74 Å². The normalized spacial score (nSPS) is 31.1. The van der Waals surface area contributed by atoms with Crippen molar-refractivity contribution in [3.63, 3.8) is 0 Å². The van der Waals surface area contributed by atoms with Crippen molar-refractivity contribution >= 4 is 5.97 Å². The van der Waals surface area contributed by atoms with Crippen LogP contribution in [0.15, 0.2) is 23.3 Å². The summed E-state index contributed by atoms with van der Waals surface area (Å²) in [5, 5.41) is 11.1. The van der Waals surface area contributed by atoms with Gasteiger partial charge in [0.25, 0.3) is 0 Å². The predicted octanol–water partition coefficient (Wildman–Crippen LogP) is 4.43. The maximum absolute atomic E-state index is 12.6. The molecule has 0 bridgehead atoms. The van der Waals surface area contributed by atoms with Crippen LogP contribution in [-0.4, -0.2) is 29.9 Å². The molecule has 1 N–H and O–H groups in total. The topological polar surface area (TPSA) is 55.8 Å². The van der Waals surface area contributed by atoms with Crippen LogP contribution >= 0.6 is 0 Å². The quantitative estimate of drug-likeness (QED) is 0.767. The van der Waals surface area contributed by atoms with Crippen molar-refractivity contribution < 1.29 is 19.4 Å². The third kappa shape index (κ3) is 2.64. The second kappa shape index (κ2) is 6.35. The molecule has 4 nitrogen and oxygen atoms in total. The number of carbonyl (C=O) groups is 1. The summed E-state index contributed by atoms with van der Waals surface area (Å²) in [5.41, 5.74) is 4.61. The number of hydrogen-bond donors (Lipinski definition) is 1. The van der Waals surface area contributed by atoms with Crippen LogP contribution in [0.2, 0.25) is 0 Å². The molecule has 0 unspecified atom stereocenters. The number of cyclic esters (lactones) is 1. The minimum absolute atomic E-state index is 0.107. The van der Waals surface area contributed by atoms with Gasteiger partial charge in [-0.25, -0.2) is 4.79 Å². The maximum Gasteiger partial charge on any atom is 0.334 e. The summed E-state index contributed by atoms with van der Waals surface area (Å²) in [6.07, 6.45) is 2.70. The Morgan fingerprint density at radius 1 is 1.21 bits per heavy atom. The Bertz CT molecular complexity index is 864. The van der Waals surface area contributed by atoms with Gasteiger partial charge in [0.15, 0.2) is 0 Å². The van der Waals surface area contributed by atoms with Crippen LogP contribution in [-0.2, 0) is 21.4 Å². The summed E-state index contributed by atoms with van der Waals surface area (Å²) < 4.78 is 11.3. The number of aliphatic hydroxyl groups is 1. The van der Waals surface area contributed by atoms with Gasteiger partial charge in [0.2, 0.25) is 0 Å². The highest BCUT2D eigenvalue weighted by molar-refractivity contribution is 5.91. The Kier molecular flexibility index (Phi) is 4.42. The average Bonchev–Trinajstić information content (AvgIpc) is 2.63. The van der Waals surface area contributed by atoms with Gasteiger partial charge in [-0.2, -0.15) is 0 Å². The number of aliphatic hydroxyl groups excluding tert-OH is 1. The molecule has 1 heterocycles. The lowest BCUT2D eigenvalue weighted by Crippen LogP contribution is -2.54. The number of fused-ring (bicyclic) bond motifs is 4. The first-order valence-corrected chi connectivity index (χ1v) is 10.5. The average molecular weight is 385 g/mol. The van der Waals surface area contributed by atoms with Crippen LogP contribution in [0.1, 0.15) is 76.5 Å². The van der Waals surface area contributed by atoms with Crippen LogP contribution in [0.3, 0.4) is 0 Å². The zero-order chi connectivity index (χ0) is 20.4. The van der Waals surface area contributed by atoms with E-state index in [4.69, 9.17) is 9.47 Å². The van der Waals surface area contributed by atoms with E-state index in [1.54, 1.807) is 21.0 Å². The number of carbonyl (C=O) groups excluding carboxylic acids is 1. The van der Waals surface area contributed by atoms with Crippen molar-refractivity contribution in [3.05, 3.63) is 40.0 Å². The van der Waals surface area contributed by atoms with Crippen molar-refractivity contribution in [3.8, 4) is 5.75 Å². The summed E-state index contributed by atoms with van der Waals surface area (Å²) in [5.74, 6) is 1.26. The van der Waals surface area contributed by atoms with Crippen LogP contribution in [0, 0.1) is 5.92 Å². The van der Waals surface area contributed by atoms with Gasteiger partial charge < -0.3 is 14.6 Å². The highest BCUT2D eigenvalue weighted by atomic mass is 16.6. The smallest absolute Gasteiger partial charge is 0.334 e. The minimum Gasteiger partial charge on any atom is -0.496 e.